The Morgan fingerprint density at radius 1 is 1.31 bits per heavy atom. The first-order valence-electron chi connectivity index (χ1n) is 5.26. The summed E-state index contributed by atoms with van der Waals surface area (Å²) in [5.41, 5.74) is 3.24. The quantitative estimate of drug-likeness (QED) is 0.850. The van der Waals surface area contributed by atoms with Crippen molar-refractivity contribution in [3.63, 3.8) is 0 Å². The van der Waals surface area contributed by atoms with Gasteiger partial charge in [-0.05, 0) is 35.6 Å². The van der Waals surface area contributed by atoms with Crippen LogP contribution < -0.4 is 5.32 Å². The van der Waals surface area contributed by atoms with Gasteiger partial charge in [0.2, 0.25) is 0 Å². The Balaban J connectivity index is 2.08. The predicted octanol–water partition coefficient (Wildman–Crippen LogP) is 3.16. The van der Waals surface area contributed by atoms with Gasteiger partial charge in [0.1, 0.15) is 0 Å². The number of rotatable bonds is 4. The second-order valence-electron chi connectivity index (χ2n) is 3.74. The highest BCUT2D eigenvalue weighted by atomic mass is 32.1. The van der Waals surface area contributed by atoms with E-state index >= 15 is 0 Å². The molecule has 84 valence electrons. The average molecular weight is 233 g/mol. The zero-order valence-electron chi connectivity index (χ0n) is 9.23. The summed E-state index contributed by atoms with van der Waals surface area (Å²) in [6.07, 6.45) is 0. The smallest absolute Gasteiger partial charge is 0.0682 e. The molecule has 0 saturated heterocycles. The maximum Gasteiger partial charge on any atom is 0.0682 e. The van der Waals surface area contributed by atoms with Crippen LogP contribution in [0.25, 0.3) is 0 Å². The van der Waals surface area contributed by atoms with Gasteiger partial charge in [0, 0.05) is 17.1 Å². The standard InChI is InChI=1S/C13H15NOS/c1-10-4-5-11(9-15)7-13(10)14-8-12-3-2-6-16-12/h2-7,14-15H,8-9H2,1H3. The summed E-state index contributed by atoms with van der Waals surface area (Å²) in [6.45, 7) is 3.00. The topological polar surface area (TPSA) is 32.3 Å². The van der Waals surface area contributed by atoms with Crippen LogP contribution in [0.3, 0.4) is 0 Å². The summed E-state index contributed by atoms with van der Waals surface area (Å²) in [4.78, 5) is 1.31. The van der Waals surface area contributed by atoms with E-state index in [4.69, 9.17) is 5.11 Å². The maximum absolute atomic E-state index is 9.08. The molecule has 0 bridgehead atoms. The molecule has 2 rings (SSSR count). The summed E-state index contributed by atoms with van der Waals surface area (Å²) >= 11 is 1.75. The molecule has 0 unspecified atom stereocenters. The van der Waals surface area contributed by atoms with Gasteiger partial charge in [-0.1, -0.05) is 18.2 Å². The second-order valence-corrected chi connectivity index (χ2v) is 4.77. The third kappa shape index (κ3) is 2.62. The van der Waals surface area contributed by atoms with Crippen molar-refractivity contribution < 1.29 is 5.11 Å². The molecule has 16 heavy (non-hydrogen) atoms. The Kier molecular flexibility index (Phi) is 3.59. The minimum absolute atomic E-state index is 0.0912. The van der Waals surface area contributed by atoms with Crippen molar-refractivity contribution in [3.05, 3.63) is 51.7 Å². The van der Waals surface area contributed by atoms with E-state index in [9.17, 15) is 0 Å². The third-order valence-electron chi connectivity index (χ3n) is 2.52. The first-order valence-corrected chi connectivity index (χ1v) is 6.14. The fourth-order valence-corrected chi connectivity index (χ4v) is 2.20. The van der Waals surface area contributed by atoms with Crippen molar-refractivity contribution in [2.75, 3.05) is 5.32 Å². The molecule has 1 aromatic carbocycles. The summed E-state index contributed by atoms with van der Waals surface area (Å²) < 4.78 is 0. The van der Waals surface area contributed by atoms with Crippen molar-refractivity contribution in [1.29, 1.82) is 0 Å². The highest BCUT2D eigenvalue weighted by Gasteiger charge is 2.00. The van der Waals surface area contributed by atoms with E-state index in [0.717, 1.165) is 17.8 Å². The molecule has 0 spiro atoms. The molecule has 2 aromatic rings. The van der Waals surface area contributed by atoms with Gasteiger partial charge in [0.25, 0.3) is 0 Å². The summed E-state index contributed by atoms with van der Waals surface area (Å²) in [5, 5.41) is 14.5. The normalized spacial score (nSPS) is 10.4. The number of thiophene rings is 1. The van der Waals surface area contributed by atoms with Crippen LogP contribution in [0.15, 0.2) is 35.7 Å². The molecule has 0 aliphatic rings. The largest absolute Gasteiger partial charge is 0.392 e. The van der Waals surface area contributed by atoms with Crippen molar-refractivity contribution in [3.8, 4) is 0 Å². The van der Waals surface area contributed by atoms with Crippen molar-refractivity contribution in [1.82, 2.24) is 0 Å². The van der Waals surface area contributed by atoms with Crippen LogP contribution in [-0.4, -0.2) is 5.11 Å². The van der Waals surface area contributed by atoms with Crippen LogP contribution in [-0.2, 0) is 13.2 Å². The van der Waals surface area contributed by atoms with E-state index < -0.39 is 0 Å². The molecule has 0 radical (unpaired) electrons. The number of aliphatic hydroxyl groups is 1. The van der Waals surface area contributed by atoms with E-state index in [1.54, 1.807) is 11.3 Å². The van der Waals surface area contributed by atoms with E-state index in [2.05, 4.69) is 29.8 Å². The summed E-state index contributed by atoms with van der Waals surface area (Å²) in [6, 6.07) is 10.2. The van der Waals surface area contributed by atoms with Gasteiger partial charge in [0.15, 0.2) is 0 Å². The molecule has 0 aliphatic heterocycles. The number of aryl methyl sites for hydroxylation is 1. The minimum atomic E-state index is 0.0912. The minimum Gasteiger partial charge on any atom is -0.392 e. The number of benzene rings is 1. The lowest BCUT2D eigenvalue weighted by Gasteiger charge is -2.09. The Labute approximate surface area is 99.6 Å². The number of aliphatic hydroxyl groups excluding tert-OH is 1. The number of hydrogen-bond acceptors (Lipinski definition) is 3. The fraction of sp³-hybridized carbons (Fsp3) is 0.231. The molecule has 1 aromatic heterocycles. The van der Waals surface area contributed by atoms with Gasteiger partial charge in [-0.15, -0.1) is 11.3 Å². The molecule has 0 amide bonds. The van der Waals surface area contributed by atoms with Gasteiger partial charge < -0.3 is 10.4 Å². The summed E-state index contributed by atoms with van der Waals surface area (Å²) in [7, 11) is 0. The first-order chi connectivity index (χ1) is 7.79. The van der Waals surface area contributed by atoms with Crippen LogP contribution in [0.1, 0.15) is 16.0 Å². The lowest BCUT2D eigenvalue weighted by atomic mass is 10.1. The molecular formula is C13H15NOS. The zero-order chi connectivity index (χ0) is 11.4. The van der Waals surface area contributed by atoms with Gasteiger partial charge >= 0.3 is 0 Å². The Morgan fingerprint density at radius 2 is 2.19 bits per heavy atom. The van der Waals surface area contributed by atoms with Crippen LogP contribution in [0.4, 0.5) is 5.69 Å². The highest BCUT2D eigenvalue weighted by molar-refractivity contribution is 7.09. The van der Waals surface area contributed by atoms with E-state index in [0.29, 0.717) is 0 Å². The van der Waals surface area contributed by atoms with E-state index in [1.165, 1.54) is 10.4 Å². The second kappa shape index (κ2) is 5.14. The molecular weight excluding hydrogens is 218 g/mol. The van der Waals surface area contributed by atoms with Crippen LogP contribution >= 0.6 is 11.3 Å². The lowest BCUT2D eigenvalue weighted by Crippen LogP contribution is -2.00. The number of nitrogens with one attached hydrogen (secondary N) is 1. The van der Waals surface area contributed by atoms with Crippen molar-refractivity contribution in [2.45, 2.75) is 20.1 Å². The zero-order valence-corrected chi connectivity index (χ0v) is 10.1. The predicted molar refractivity (Wildman–Crippen MR) is 68.7 cm³/mol. The number of anilines is 1. The van der Waals surface area contributed by atoms with Crippen LogP contribution in [0.5, 0.6) is 0 Å². The van der Waals surface area contributed by atoms with Gasteiger partial charge in [-0.25, -0.2) is 0 Å². The SMILES string of the molecule is Cc1ccc(CO)cc1NCc1cccs1. The summed E-state index contributed by atoms with van der Waals surface area (Å²) in [5.74, 6) is 0. The molecule has 0 aliphatic carbocycles. The molecule has 3 heteroatoms. The van der Waals surface area contributed by atoms with Crippen LogP contribution in [0.2, 0.25) is 0 Å². The van der Waals surface area contributed by atoms with E-state index in [1.807, 2.05) is 18.2 Å². The molecule has 1 heterocycles. The maximum atomic E-state index is 9.08. The van der Waals surface area contributed by atoms with Crippen molar-refractivity contribution >= 4 is 17.0 Å². The Bertz CT molecular complexity index is 451. The third-order valence-corrected chi connectivity index (χ3v) is 3.39. The lowest BCUT2D eigenvalue weighted by molar-refractivity contribution is 0.282. The highest BCUT2D eigenvalue weighted by Crippen LogP contribution is 2.19. The average Bonchev–Trinajstić information content (AvgIpc) is 2.81. The molecule has 0 fully saturated rings. The van der Waals surface area contributed by atoms with Gasteiger partial charge in [-0.3, -0.25) is 0 Å². The molecule has 2 nitrogen and oxygen atoms in total. The Hall–Kier alpha value is -1.32. The molecule has 0 saturated carbocycles. The fourth-order valence-electron chi connectivity index (χ4n) is 1.55. The number of hydrogen-bond donors (Lipinski definition) is 2. The monoisotopic (exact) mass is 233 g/mol. The van der Waals surface area contributed by atoms with Crippen molar-refractivity contribution in [2.24, 2.45) is 0 Å². The molecule has 2 N–H and O–H groups in total. The van der Waals surface area contributed by atoms with Gasteiger partial charge in [0.05, 0.1) is 6.61 Å². The van der Waals surface area contributed by atoms with E-state index in [-0.39, 0.29) is 6.61 Å². The molecule has 0 atom stereocenters. The van der Waals surface area contributed by atoms with Gasteiger partial charge in [-0.2, -0.15) is 0 Å². The van der Waals surface area contributed by atoms with Crippen LogP contribution in [0, 0.1) is 6.92 Å². The Morgan fingerprint density at radius 3 is 2.88 bits per heavy atom. The first kappa shape index (κ1) is 11.2.